The highest BCUT2D eigenvalue weighted by atomic mass is 16.5. The lowest BCUT2D eigenvalue weighted by molar-refractivity contribution is -0.141. The molecule has 1 aliphatic rings. The number of nitrogens with zero attached hydrogens (tertiary/aromatic N) is 3. The van der Waals surface area contributed by atoms with Crippen molar-refractivity contribution < 1.29 is 9.53 Å². The lowest BCUT2D eigenvalue weighted by atomic mass is 10.1. The molecule has 5 heteroatoms. The zero-order valence-electron chi connectivity index (χ0n) is 11.5. The molecule has 1 aliphatic heterocycles. The molecule has 2 rings (SSSR count). The molecule has 1 aromatic heterocycles. The van der Waals surface area contributed by atoms with Gasteiger partial charge in [-0.2, -0.15) is 5.10 Å². The predicted octanol–water partition coefficient (Wildman–Crippen LogP) is 0.863. The van der Waals surface area contributed by atoms with Crippen molar-refractivity contribution in [2.24, 2.45) is 0 Å². The van der Waals surface area contributed by atoms with E-state index in [9.17, 15) is 4.79 Å². The van der Waals surface area contributed by atoms with Gasteiger partial charge in [-0.3, -0.25) is 9.48 Å². The predicted molar refractivity (Wildman–Crippen MR) is 68.3 cm³/mol. The molecule has 18 heavy (non-hydrogen) atoms. The second-order valence-corrected chi connectivity index (χ2v) is 5.15. The van der Waals surface area contributed by atoms with Crippen LogP contribution in [0.4, 0.5) is 0 Å². The Labute approximate surface area is 108 Å². The highest BCUT2D eigenvalue weighted by Crippen LogP contribution is 2.21. The number of hydrogen-bond acceptors (Lipinski definition) is 4. The summed E-state index contributed by atoms with van der Waals surface area (Å²) < 4.78 is 6.36. The Morgan fingerprint density at radius 2 is 2.11 bits per heavy atom. The molecule has 0 aromatic carbocycles. The third kappa shape index (κ3) is 2.56. The van der Waals surface area contributed by atoms with Gasteiger partial charge in [0.2, 0.25) is 0 Å². The summed E-state index contributed by atoms with van der Waals surface area (Å²) in [5, 5.41) is 4.51. The molecule has 0 N–H and O–H groups in total. The van der Waals surface area contributed by atoms with Gasteiger partial charge >= 0.3 is 5.97 Å². The third-order valence-corrected chi connectivity index (χ3v) is 3.84. The maximum Gasteiger partial charge on any atom is 0.327 e. The Kier molecular flexibility index (Phi) is 3.71. The van der Waals surface area contributed by atoms with Gasteiger partial charge in [0.1, 0.15) is 6.54 Å². The summed E-state index contributed by atoms with van der Waals surface area (Å²) in [4.78, 5) is 13.6. The van der Waals surface area contributed by atoms with Crippen molar-refractivity contribution in [1.29, 1.82) is 0 Å². The number of aromatic nitrogens is 2. The van der Waals surface area contributed by atoms with Gasteiger partial charge in [0.25, 0.3) is 0 Å². The first-order valence-electron chi connectivity index (χ1n) is 6.35. The lowest BCUT2D eigenvalue weighted by Crippen LogP contribution is -2.37. The van der Waals surface area contributed by atoms with Crippen molar-refractivity contribution in [3.8, 4) is 0 Å². The molecule has 2 heterocycles. The molecule has 5 nitrogen and oxygen atoms in total. The van der Waals surface area contributed by atoms with Crippen molar-refractivity contribution in [3.63, 3.8) is 0 Å². The van der Waals surface area contributed by atoms with E-state index in [1.54, 1.807) is 4.68 Å². The van der Waals surface area contributed by atoms with Crippen molar-refractivity contribution >= 4 is 5.97 Å². The maximum atomic E-state index is 11.3. The number of likely N-dealkylation sites (N-methyl/N-ethyl adjacent to an activating group) is 1. The second kappa shape index (κ2) is 5.10. The van der Waals surface area contributed by atoms with E-state index >= 15 is 0 Å². The van der Waals surface area contributed by atoms with Crippen LogP contribution in [0.3, 0.4) is 0 Å². The summed E-state index contributed by atoms with van der Waals surface area (Å²) in [6.45, 7) is 4.64. The molecule has 1 aromatic rings. The van der Waals surface area contributed by atoms with Crippen molar-refractivity contribution in [2.45, 2.75) is 45.3 Å². The highest BCUT2D eigenvalue weighted by molar-refractivity contribution is 5.68. The largest absolute Gasteiger partial charge is 0.468 e. The molecule has 0 saturated heterocycles. The number of rotatable bonds is 2. The van der Waals surface area contributed by atoms with Crippen LogP contribution in [0.5, 0.6) is 0 Å². The standard InChI is InChI=1S/C13H21N3O2/c1-9-5-11-7-16(8-13(17)18-4)14-12(11)6-10(2)15(9)3/h7,9-10H,5-6,8H2,1-4H3. The monoisotopic (exact) mass is 251 g/mol. The first-order chi connectivity index (χ1) is 8.51. The topological polar surface area (TPSA) is 47.4 Å². The van der Waals surface area contributed by atoms with E-state index in [-0.39, 0.29) is 12.5 Å². The Balaban J connectivity index is 2.20. The minimum absolute atomic E-state index is 0.197. The molecular weight excluding hydrogens is 230 g/mol. The minimum atomic E-state index is -0.258. The average Bonchev–Trinajstić information content (AvgIpc) is 2.65. The van der Waals surface area contributed by atoms with Crippen LogP contribution in [0.25, 0.3) is 0 Å². The third-order valence-electron chi connectivity index (χ3n) is 3.84. The molecule has 0 radical (unpaired) electrons. The Morgan fingerprint density at radius 3 is 2.78 bits per heavy atom. The number of methoxy groups -OCH3 is 1. The van der Waals surface area contributed by atoms with Crippen LogP contribution in [0.15, 0.2) is 6.20 Å². The van der Waals surface area contributed by atoms with Crippen LogP contribution < -0.4 is 0 Å². The van der Waals surface area contributed by atoms with Crippen LogP contribution >= 0.6 is 0 Å². The summed E-state index contributed by atoms with van der Waals surface area (Å²) >= 11 is 0. The van der Waals surface area contributed by atoms with Crippen molar-refractivity contribution in [3.05, 3.63) is 17.5 Å². The lowest BCUT2D eigenvalue weighted by Gasteiger charge is -2.27. The molecule has 100 valence electrons. The fourth-order valence-corrected chi connectivity index (χ4v) is 2.44. The van der Waals surface area contributed by atoms with Gasteiger partial charge in [0, 0.05) is 24.7 Å². The number of carbonyl (C=O) groups is 1. The molecule has 2 unspecified atom stereocenters. The summed E-state index contributed by atoms with van der Waals surface area (Å²) in [6.07, 6.45) is 3.90. The molecule has 0 saturated carbocycles. The molecule has 0 aliphatic carbocycles. The number of carbonyl (C=O) groups excluding carboxylic acids is 1. The Morgan fingerprint density at radius 1 is 1.44 bits per heavy atom. The first-order valence-corrected chi connectivity index (χ1v) is 6.35. The van der Waals surface area contributed by atoms with Crippen molar-refractivity contribution in [2.75, 3.05) is 14.2 Å². The van der Waals surface area contributed by atoms with E-state index in [2.05, 4.69) is 35.6 Å². The molecule has 2 atom stereocenters. The van der Waals surface area contributed by atoms with E-state index in [1.165, 1.54) is 12.7 Å². The van der Waals surface area contributed by atoms with Gasteiger partial charge in [-0.1, -0.05) is 0 Å². The summed E-state index contributed by atoms with van der Waals surface area (Å²) in [7, 11) is 3.56. The zero-order valence-corrected chi connectivity index (χ0v) is 11.5. The Hall–Kier alpha value is -1.36. The molecular formula is C13H21N3O2. The first kappa shape index (κ1) is 13.1. The molecule has 0 fully saturated rings. The van der Waals surface area contributed by atoms with Gasteiger partial charge in [0.15, 0.2) is 0 Å². The van der Waals surface area contributed by atoms with Crippen LogP contribution in [-0.4, -0.2) is 46.9 Å². The SMILES string of the molecule is COC(=O)Cn1cc2c(n1)CC(C)N(C)C(C)C2. The fourth-order valence-electron chi connectivity index (χ4n) is 2.44. The normalized spacial score (nSPS) is 24.4. The zero-order chi connectivity index (χ0) is 13.3. The molecule has 0 spiro atoms. The fraction of sp³-hybridized carbons (Fsp3) is 0.692. The maximum absolute atomic E-state index is 11.3. The number of hydrogen-bond donors (Lipinski definition) is 0. The second-order valence-electron chi connectivity index (χ2n) is 5.15. The van der Waals surface area contributed by atoms with E-state index < -0.39 is 0 Å². The smallest absolute Gasteiger partial charge is 0.327 e. The quantitative estimate of drug-likeness (QED) is 0.732. The van der Waals surface area contributed by atoms with E-state index in [1.807, 2.05) is 6.20 Å². The minimum Gasteiger partial charge on any atom is -0.468 e. The van der Waals surface area contributed by atoms with Gasteiger partial charge in [0.05, 0.1) is 12.8 Å². The summed E-state index contributed by atoms with van der Waals surface area (Å²) in [5.41, 5.74) is 2.37. The van der Waals surface area contributed by atoms with E-state index in [0.29, 0.717) is 12.1 Å². The van der Waals surface area contributed by atoms with Crippen LogP contribution in [0, 0.1) is 0 Å². The van der Waals surface area contributed by atoms with E-state index in [0.717, 1.165) is 18.5 Å². The van der Waals surface area contributed by atoms with Crippen LogP contribution in [0.1, 0.15) is 25.1 Å². The molecule has 0 bridgehead atoms. The highest BCUT2D eigenvalue weighted by Gasteiger charge is 2.25. The Bertz CT molecular complexity index is 412. The summed E-state index contributed by atoms with van der Waals surface area (Å²) in [6, 6.07) is 0.972. The van der Waals surface area contributed by atoms with Crippen molar-refractivity contribution in [1.82, 2.24) is 14.7 Å². The van der Waals surface area contributed by atoms with E-state index in [4.69, 9.17) is 0 Å². The number of fused-ring (bicyclic) bond motifs is 1. The molecule has 0 amide bonds. The number of ether oxygens (including phenoxy) is 1. The van der Waals surface area contributed by atoms with Crippen LogP contribution in [-0.2, 0) is 28.9 Å². The van der Waals surface area contributed by atoms with Gasteiger partial charge in [-0.15, -0.1) is 0 Å². The van der Waals surface area contributed by atoms with Gasteiger partial charge in [-0.25, -0.2) is 0 Å². The summed E-state index contributed by atoms with van der Waals surface area (Å²) in [5.74, 6) is -0.258. The average molecular weight is 251 g/mol. The number of esters is 1. The van der Waals surface area contributed by atoms with Gasteiger partial charge < -0.3 is 9.64 Å². The van der Waals surface area contributed by atoms with Crippen LogP contribution in [0.2, 0.25) is 0 Å². The van der Waals surface area contributed by atoms with Gasteiger partial charge in [-0.05, 0) is 32.9 Å².